The molecule has 0 saturated heterocycles. The molecule has 2 unspecified atom stereocenters. The van der Waals surface area contributed by atoms with Crippen molar-refractivity contribution in [3.05, 3.63) is 11.6 Å². The first-order chi connectivity index (χ1) is 6.49. The van der Waals surface area contributed by atoms with Crippen molar-refractivity contribution in [3.63, 3.8) is 0 Å². The maximum absolute atomic E-state index is 11.2. The van der Waals surface area contributed by atoms with Crippen LogP contribution in [-0.2, 0) is 9.53 Å². The number of ether oxygens (including phenoxy) is 1. The maximum atomic E-state index is 11.2. The van der Waals surface area contributed by atoms with Crippen molar-refractivity contribution in [3.8, 4) is 0 Å². The fourth-order valence-electron chi connectivity index (χ4n) is 1.88. The Morgan fingerprint density at radius 3 is 2.71 bits per heavy atom. The Labute approximate surface area is 86.3 Å². The highest BCUT2D eigenvalue weighted by Gasteiger charge is 2.54. The minimum atomic E-state index is -0.0373. The van der Waals surface area contributed by atoms with E-state index in [1.165, 1.54) is 12.7 Å². The number of allylic oxidation sites excluding steroid dienone is 2. The molecule has 0 spiro atoms. The Morgan fingerprint density at radius 1 is 1.57 bits per heavy atom. The second-order valence-corrected chi connectivity index (χ2v) is 4.75. The Balaban J connectivity index is 2.34. The summed E-state index contributed by atoms with van der Waals surface area (Å²) in [6, 6.07) is 0. The average molecular weight is 196 g/mol. The zero-order valence-electron chi connectivity index (χ0n) is 9.59. The van der Waals surface area contributed by atoms with E-state index in [1.807, 2.05) is 0 Å². The molecule has 80 valence electrons. The number of hydrogen-bond acceptors (Lipinski definition) is 2. The van der Waals surface area contributed by atoms with Crippen LogP contribution in [0.15, 0.2) is 11.6 Å². The van der Waals surface area contributed by atoms with Crippen molar-refractivity contribution in [2.75, 3.05) is 7.11 Å². The van der Waals surface area contributed by atoms with E-state index in [0.29, 0.717) is 0 Å². The van der Waals surface area contributed by atoms with Gasteiger partial charge in [-0.25, -0.2) is 0 Å². The monoisotopic (exact) mass is 196 g/mol. The SMILES string of the molecule is COC(=O)C1CC1(C)CCC=C(C)C. The lowest BCUT2D eigenvalue weighted by atomic mass is 9.99. The van der Waals surface area contributed by atoms with Crippen LogP contribution in [0.2, 0.25) is 0 Å². The first-order valence-corrected chi connectivity index (χ1v) is 5.21. The van der Waals surface area contributed by atoms with Gasteiger partial charge in [0.15, 0.2) is 0 Å². The van der Waals surface area contributed by atoms with Crippen LogP contribution in [0.25, 0.3) is 0 Å². The second-order valence-electron chi connectivity index (χ2n) is 4.75. The molecule has 0 radical (unpaired) electrons. The number of carbonyl (C=O) groups is 1. The highest BCUT2D eigenvalue weighted by Crippen LogP contribution is 2.56. The molecule has 0 N–H and O–H groups in total. The second kappa shape index (κ2) is 4.16. The highest BCUT2D eigenvalue weighted by atomic mass is 16.5. The summed E-state index contributed by atoms with van der Waals surface area (Å²) in [7, 11) is 1.47. The predicted octanol–water partition coefficient (Wildman–Crippen LogP) is 2.93. The molecule has 2 nitrogen and oxygen atoms in total. The molecule has 0 heterocycles. The molecule has 0 aromatic rings. The summed E-state index contributed by atoms with van der Waals surface area (Å²) in [6.45, 7) is 6.38. The summed E-state index contributed by atoms with van der Waals surface area (Å²) in [4.78, 5) is 11.2. The summed E-state index contributed by atoms with van der Waals surface area (Å²) in [6.07, 6.45) is 5.40. The van der Waals surface area contributed by atoms with Crippen LogP contribution in [0, 0.1) is 11.3 Å². The van der Waals surface area contributed by atoms with E-state index >= 15 is 0 Å². The van der Waals surface area contributed by atoms with Crippen molar-refractivity contribution < 1.29 is 9.53 Å². The van der Waals surface area contributed by atoms with Crippen LogP contribution in [0.1, 0.15) is 40.0 Å². The standard InChI is InChI=1S/C12H20O2/c1-9(2)6-5-7-12(3)8-10(12)11(13)14-4/h6,10H,5,7-8H2,1-4H3. The Hall–Kier alpha value is -0.790. The molecular weight excluding hydrogens is 176 g/mol. The van der Waals surface area contributed by atoms with Crippen LogP contribution in [0.5, 0.6) is 0 Å². The average Bonchev–Trinajstić information content (AvgIpc) is 2.76. The van der Waals surface area contributed by atoms with Gasteiger partial charge in [0.1, 0.15) is 0 Å². The first-order valence-electron chi connectivity index (χ1n) is 5.21. The molecule has 14 heavy (non-hydrogen) atoms. The smallest absolute Gasteiger partial charge is 0.309 e. The molecule has 0 amide bonds. The Bertz CT molecular complexity index is 251. The number of rotatable bonds is 4. The summed E-state index contributed by atoms with van der Waals surface area (Å²) in [5.74, 6) is 0.114. The van der Waals surface area contributed by atoms with Gasteiger partial charge in [-0.15, -0.1) is 0 Å². The minimum Gasteiger partial charge on any atom is -0.469 e. The minimum absolute atomic E-state index is 0.0373. The third kappa shape index (κ3) is 2.60. The zero-order chi connectivity index (χ0) is 10.8. The maximum Gasteiger partial charge on any atom is 0.309 e. The lowest BCUT2D eigenvalue weighted by Crippen LogP contribution is -2.09. The van der Waals surface area contributed by atoms with Crippen LogP contribution in [-0.4, -0.2) is 13.1 Å². The number of carbonyl (C=O) groups excluding carboxylic acids is 1. The van der Waals surface area contributed by atoms with Gasteiger partial charge in [0.25, 0.3) is 0 Å². The van der Waals surface area contributed by atoms with E-state index in [-0.39, 0.29) is 17.3 Å². The summed E-state index contributed by atoms with van der Waals surface area (Å²) in [5, 5.41) is 0. The van der Waals surface area contributed by atoms with Crippen molar-refractivity contribution >= 4 is 5.97 Å². The zero-order valence-corrected chi connectivity index (χ0v) is 9.59. The first kappa shape index (κ1) is 11.3. The van der Waals surface area contributed by atoms with Gasteiger partial charge >= 0.3 is 5.97 Å². The Kier molecular flexibility index (Phi) is 3.35. The van der Waals surface area contributed by atoms with E-state index < -0.39 is 0 Å². The summed E-state index contributed by atoms with van der Waals surface area (Å²) in [5.41, 5.74) is 1.56. The van der Waals surface area contributed by atoms with Gasteiger partial charge < -0.3 is 4.74 Å². The normalized spacial score (nSPS) is 29.6. The molecule has 1 rings (SSSR count). The van der Waals surface area contributed by atoms with Crippen molar-refractivity contribution in [2.24, 2.45) is 11.3 Å². The topological polar surface area (TPSA) is 26.3 Å². The molecule has 1 aliphatic rings. The third-order valence-corrected chi connectivity index (χ3v) is 3.11. The largest absolute Gasteiger partial charge is 0.469 e. The van der Waals surface area contributed by atoms with Crippen molar-refractivity contribution in [1.82, 2.24) is 0 Å². The number of methoxy groups -OCH3 is 1. The van der Waals surface area contributed by atoms with Gasteiger partial charge in [0.05, 0.1) is 13.0 Å². The van der Waals surface area contributed by atoms with Crippen LogP contribution in [0.3, 0.4) is 0 Å². The molecule has 2 heteroatoms. The molecule has 0 bridgehead atoms. The number of esters is 1. The third-order valence-electron chi connectivity index (χ3n) is 3.11. The lowest BCUT2D eigenvalue weighted by molar-refractivity contribution is -0.143. The van der Waals surface area contributed by atoms with E-state index in [1.54, 1.807) is 0 Å². The van der Waals surface area contributed by atoms with Gasteiger partial charge in [-0.05, 0) is 38.5 Å². The van der Waals surface area contributed by atoms with Crippen molar-refractivity contribution in [1.29, 1.82) is 0 Å². The van der Waals surface area contributed by atoms with E-state index in [9.17, 15) is 4.79 Å². The van der Waals surface area contributed by atoms with Crippen molar-refractivity contribution in [2.45, 2.75) is 40.0 Å². The summed E-state index contributed by atoms with van der Waals surface area (Å²) >= 11 is 0. The molecule has 1 fully saturated rings. The van der Waals surface area contributed by atoms with Gasteiger partial charge in [-0.3, -0.25) is 4.79 Å². The van der Waals surface area contributed by atoms with Gasteiger partial charge in [0, 0.05) is 0 Å². The number of hydrogen-bond donors (Lipinski definition) is 0. The van der Waals surface area contributed by atoms with Crippen LogP contribution >= 0.6 is 0 Å². The molecule has 0 aromatic heterocycles. The Morgan fingerprint density at radius 2 is 2.21 bits per heavy atom. The quantitative estimate of drug-likeness (QED) is 0.510. The van der Waals surface area contributed by atoms with E-state index in [0.717, 1.165) is 19.3 Å². The molecule has 1 saturated carbocycles. The molecular formula is C12H20O2. The van der Waals surface area contributed by atoms with E-state index in [2.05, 4.69) is 26.8 Å². The fourth-order valence-corrected chi connectivity index (χ4v) is 1.88. The fraction of sp³-hybridized carbons (Fsp3) is 0.750. The molecule has 1 aliphatic carbocycles. The highest BCUT2D eigenvalue weighted by molar-refractivity contribution is 5.76. The van der Waals surface area contributed by atoms with Gasteiger partial charge in [0.2, 0.25) is 0 Å². The van der Waals surface area contributed by atoms with Gasteiger partial charge in [-0.2, -0.15) is 0 Å². The van der Waals surface area contributed by atoms with Crippen LogP contribution in [0.4, 0.5) is 0 Å². The molecule has 2 atom stereocenters. The molecule has 0 aliphatic heterocycles. The molecule has 0 aromatic carbocycles. The van der Waals surface area contributed by atoms with Gasteiger partial charge in [-0.1, -0.05) is 18.6 Å². The van der Waals surface area contributed by atoms with Crippen LogP contribution < -0.4 is 0 Å². The van der Waals surface area contributed by atoms with E-state index in [4.69, 9.17) is 4.74 Å². The predicted molar refractivity (Wildman–Crippen MR) is 56.9 cm³/mol. The lowest BCUT2D eigenvalue weighted by Gasteiger charge is -2.08. The summed E-state index contributed by atoms with van der Waals surface area (Å²) < 4.78 is 4.74.